The van der Waals surface area contributed by atoms with Crippen LogP contribution < -0.4 is 15.4 Å². The minimum absolute atomic E-state index is 0. The Morgan fingerprint density at radius 3 is 2.27 bits per heavy atom. The Morgan fingerprint density at radius 2 is 1.63 bits per heavy atom. The van der Waals surface area contributed by atoms with Crippen LogP contribution in [0.5, 0.6) is 0 Å². The van der Waals surface area contributed by atoms with Crippen LogP contribution in [0, 0.1) is 0 Å². The molecule has 0 fully saturated rings. The second-order valence-electron chi connectivity index (χ2n) is 7.48. The molecule has 0 aliphatic rings. The lowest BCUT2D eigenvalue weighted by atomic mass is 10.1. The molecule has 2 rings (SSSR count). The third-order valence-electron chi connectivity index (χ3n) is 3.78. The number of aliphatic imine (C=N–C) groups is 1. The van der Waals surface area contributed by atoms with Gasteiger partial charge >= 0.3 is 0 Å². The van der Waals surface area contributed by atoms with E-state index in [1.54, 1.807) is 30.9 Å². The van der Waals surface area contributed by atoms with Gasteiger partial charge < -0.3 is 10.6 Å². The van der Waals surface area contributed by atoms with Gasteiger partial charge in [-0.15, -0.1) is 35.7 Å². The van der Waals surface area contributed by atoms with Crippen LogP contribution in [0.25, 0.3) is 0 Å². The van der Waals surface area contributed by atoms with Crippen molar-refractivity contribution >= 4 is 51.7 Å². The molecule has 9 heteroatoms. The summed E-state index contributed by atoms with van der Waals surface area (Å²) in [6.07, 6.45) is 0. The third kappa shape index (κ3) is 9.23. The highest BCUT2D eigenvalue weighted by molar-refractivity contribution is 14.0. The smallest absolute Gasteiger partial charge is 0.241 e. The lowest BCUT2D eigenvalue weighted by Gasteiger charge is -2.22. The van der Waals surface area contributed by atoms with Crippen molar-refractivity contribution in [3.8, 4) is 0 Å². The number of thioether (sulfide) groups is 1. The standard InChI is InChI=1S/C21H30N4O2S2.HI/c1-21(2,3)25-29(26,27)19-13-9-8-10-17(19)16-24-20(22-4)23-14-15-28-18-11-6-5-7-12-18;/h5-13,25H,14-16H2,1-4H3,(H2,22,23,24);1H. The van der Waals surface area contributed by atoms with E-state index in [0.717, 1.165) is 12.3 Å². The number of guanidine groups is 1. The molecule has 0 unspecified atom stereocenters. The summed E-state index contributed by atoms with van der Waals surface area (Å²) >= 11 is 1.77. The minimum Gasteiger partial charge on any atom is -0.356 e. The topological polar surface area (TPSA) is 82.6 Å². The maximum Gasteiger partial charge on any atom is 0.241 e. The van der Waals surface area contributed by atoms with Crippen LogP contribution >= 0.6 is 35.7 Å². The number of halogens is 1. The summed E-state index contributed by atoms with van der Waals surface area (Å²) in [7, 11) is -1.91. The van der Waals surface area contributed by atoms with Crippen LogP contribution in [0.1, 0.15) is 26.3 Å². The summed E-state index contributed by atoms with van der Waals surface area (Å²) in [6, 6.07) is 17.2. The molecule has 0 bridgehead atoms. The van der Waals surface area contributed by atoms with Gasteiger partial charge in [-0.05, 0) is 44.5 Å². The number of nitrogens with zero attached hydrogens (tertiary/aromatic N) is 1. The summed E-state index contributed by atoms with van der Waals surface area (Å²) in [6.45, 7) is 6.57. The van der Waals surface area contributed by atoms with E-state index in [9.17, 15) is 8.42 Å². The summed E-state index contributed by atoms with van der Waals surface area (Å²) in [5.41, 5.74) is 0.138. The normalized spacial score (nSPS) is 12.2. The van der Waals surface area contributed by atoms with Crippen molar-refractivity contribution in [1.82, 2.24) is 15.4 Å². The van der Waals surface area contributed by atoms with E-state index in [4.69, 9.17) is 0 Å². The van der Waals surface area contributed by atoms with Crippen molar-refractivity contribution < 1.29 is 8.42 Å². The van der Waals surface area contributed by atoms with Crippen molar-refractivity contribution in [2.45, 2.75) is 42.6 Å². The van der Waals surface area contributed by atoms with Gasteiger partial charge in [0.1, 0.15) is 0 Å². The van der Waals surface area contributed by atoms with Crippen LogP contribution in [0.3, 0.4) is 0 Å². The van der Waals surface area contributed by atoms with Gasteiger partial charge in [-0.1, -0.05) is 36.4 Å². The highest BCUT2D eigenvalue weighted by Crippen LogP contribution is 2.18. The van der Waals surface area contributed by atoms with Crippen LogP contribution in [0.4, 0.5) is 0 Å². The Hall–Kier alpha value is -1.30. The lowest BCUT2D eigenvalue weighted by Crippen LogP contribution is -2.41. The Bertz CT molecular complexity index is 914. The van der Waals surface area contributed by atoms with Gasteiger partial charge in [0.15, 0.2) is 5.96 Å². The molecule has 2 aromatic rings. The van der Waals surface area contributed by atoms with E-state index in [2.05, 4.69) is 32.5 Å². The largest absolute Gasteiger partial charge is 0.356 e. The Labute approximate surface area is 201 Å². The molecule has 0 spiro atoms. The molecule has 30 heavy (non-hydrogen) atoms. The lowest BCUT2D eigenvalue weighted by molar-refractivity contribution is 0.491. The molecule has 3 N–H and O–H groups in total. The molecular weight excluding hydrogens is 531 g/mol. The summed E-state index contributed by atoms with van der Waals surface area (Å²) in [5, 5.41) is 6.46. The molecule has 0 saturated carbocycles. The van der Waals surface area contributed by atoms with Gasteiger partial charge in [0.05, 0.1) is 4.90 Å². The average molecular weight is 563 g/mol. The molecule has 0 atom stereocenters. The first-order chi connectivity index (χ1) is 13.7. The van der Waals surface area contributed by atoms with E-state index in [-0.39, 0.29) is 28.9 Å². The molecule has 0 aromatic heterocycles. The van der Waals surface area contributed by atoms with E-state index in [1.807, 2.05) is 51.1 Å². The van der Waals surface area contributed by atoms with E-state index in [1.165, 1.54) is 4.90 Å². The van der Waals surface area contributed by atoms with E-state index >= 15 is 0 Å². The fraction of sp³-hybridized carbons (Fsp3) is 0.381. The highest BCUT2D eigenvalue weighted by atomic mass is 127. The third-order valence-corrected chi connectivity index (χ3v) is 6.65. The zero-order chi connectivity index (χ0) is 21.3. The minimum atomic E-state index is -3.61. The fourth-order valence-electron chi connectivity index (χ4n) is 2.62. The van der Waals surface area contributed by atoms with Gasteiger partial charge in [0, 0.05) is 36.3 Å². The molecule has 0 amide bonds. The van der Waals surface area contributed by atoms with E-state index in [0.29, 0.717) is 18.1 Å². The zero-order valence-corrected chi connectivity index (χ0v) is 21.8. The second-order valence-corrected chi connectivity index (χ2v) is 10.3. The maximum absolute atomic E-state index is 12.7. The maximum atomic E-state index is 12.7. The quantitative estimate of drug-likeness (QED) is 0.150. The zero-order valence-electron chi connectivity index (χ0n) is 17.8. The van der Waals surface area contributed by atoms with Crippen molar-refractivity contribution in [3.05, 3.63) is 60.2 Å². The monoisotopic (exact) mass is 562 g/mol. The molecule has 0 heterocycles. The molecule has 2 aromatic carbocycles. The Balaban J connectivity index is 0.00000450. The van der Waals surface area contributed by atoms with Crippen LogP contribution in [-0.4, -0.2) is 39.3 Å². The van der Waals surface area contributed by atoms with Crippen LogP contribution in [0.15, 0.2) is 69.4 Å². The van der Waals surface area contributed by atoms with Gasteiger partial charge in [-0.2, -0.15) is 0 Å². The molecule has 166 valence electrons. The number of hydrogen-bond donors (Lipinski definition) is 3. The number of rotatable bonds is 8. The molecular formula is C21H31IN4O2S2. The first-order valence-corrected chi connectivity index (χ1v) is 11.9. The molecule has 0 aliphatic heterocycles. The molecule has 0 saturated heterocycles. The first-order valence-electron chi connectivity index (χ1n) is 9.45. The van der Waals surface area contributed by atoms with E-state index < -0.39 is 15.6 Å². The number of nitrogens with one attached hydrogen (secondary N) is 3. The highest BCUT2D eigenvalue weighted by Gasteiger charge is 2.24. The Morgan fingerprint density at radius 1 is 1.00 bits per heavy atom. The average Bonchev–Trinajstić information content (AvgIpc) is 2.66. The molecule has 0 aliphatic carbocycles. The number of benzene rings is 2. The molecule has 0 radical (unpaired) electrons. The summed E-state index contributed by atoms with van der Waals surface area (Å²) < 4.78 is 28.2. The van der Waals surface area contributed by atoms with Crippen LogP contribution in [0.2, 0.25) is 0 Å². The number of sulfonamides is 1. The van der Waals surface area contributed by atoms with Crippen molar-refractivity contribution in [3.63, 3.8) is 0 Å². The van der Waals surface area contributed by atoms with Crippen molar-refractivity contribution in [2.24, 2.45) is 4.99 Å². The summed E-state index contributed by atoms with van der Waals surface area (Å²) in [5.74, 6) is 1.53. The molecule has 6 nitrogen and oxygen atoms in total. The van der Waals surface area contributed by atoms with Crippen molar-refractivity contribution in [2.75, 3.05) is 19.3 Å². The van der Waals surface area contributed by atoms with Gasteiger partial charge in [-0.3, -0.25) is 4.99 Å². The van der Waals surface area contributed by atoms with Gasteiger partial charge in [0.2, 0.25) is 10.0 Å². The first kappa shape index (κ1) is 26.7. The fourth-order valence-corrected chi connectivity index (χ4v) is 5.07. The summed E-state index contributed by atoms with van der Waals surface area (Å²) in [4.78, 5) is 5.72. The Kier molecular flexibility index (Phi) is 11.2. The SMILES string of the molecule is CN=C(NCCSc1ccccc1)NCc1ccccc1S(=O)(=O)NC(C)(C)C.I. The predicted molar refractivity (Wildman–Crippen MR) is 137 cm³/mol. The van der Waals surface area contributed by atoms with Crippen LogP contribution in [-0.2, 0) is 16.6 Å². The van der Waals surface area contributed by atoms with Gasteiger partial charge in [-0.25, -0.2) is 13.1 Å². The van der Waals surface area contributed by atoms with Crippen molar-refractivity contribution in [1.29, 1.82) is 0 Å². The second kappa shape index (κ2) is 12.5. The number of hydrogen-bond acceptors (Lipinski definition) is 4. The van der Waals surface area contributed by atoms with Gasteiger partial charge in [0.25, 0.3) is 0 Å². The predicted octanol–water partition coefficient (Wildman–Crippen LogP) is 3.84.